The summed E-state index contributed by atoms with van der Waals surface area (Å²) in [6.45, 7) is 7.11. The maximum Gasteiger partial charge on any atom is 0.263 e. The molecule has 1 aromatic carbocycles. The number of likely N-dealkylation sites (N-methyl/N-ethyl adjacent to an activating group) is 1. The molecule has 2 aromatic heterocycles. The largest absolute Gasteiger partial charge is 0.339 e. The maximum atomic E-state index is 15.1. The molecule has 1 saturated heterocycles. The number of nitrogens with one attached hydrogen (secondary N) is 1. The van der Waals surface area contributed by atoms with E-state index in [-0.39, 0.29) is 23.0 Å². The number of carbonyl (C=O) groups excluding carboxylic acids is 2. The van der Waals surface area contributed by atoms with Crippen LogP contribution in [-0.2, 0) is 15.2 Å². The van der Waals surface area contributed by atoms with Gasteiger partial charge in [0, 0.05) is 61.6 Å². The lowest BCUT2D eigenvalue weighted by Crippen LogP contribution is -2.54. The van der Waals surface area contributed by atoms with Crippen LogP contribution in [0.25, 0.3) is 0 Å². The fraction of sp³-hybridized carbons (Fsp3) is 0.361. The first-order chi connectivity index (χ1) is 21.6. The molecule has 0 radical (unpaired) electrons. The van der Waals surface area contributed by atoms with Crippen molar-refractivity contribution in [1.82, 2.24) is 25.2 Å². The highest BCUT2D eigenvalue weighted by atomic mass is 16.6. The smallest absolute Gasteiger partial charge is 0.263 e. The van der Waals surface area contributed by atoms with E-state index >= 15 is 4.79 Å². The zero-order valence-electron chi connectivity index (χ0n) is 26.3. The summed E-state index contributed by atoms with van der Waals surface area (Å²) >= 11 is 0. The number of allylic oxidation sites excluding steroid dienone is 2. The van der Waals surface area contributed by atoms with Crippen LogP contribution in [0.1, 0.15) is 60.7 Å². The molecule has 7 rings (SSSR count). The van der Waals surface area contributed by atoms with Crippen molar-refractivity contribution in [2.75, 3.05) is 20.7 Å². The van der Waals surface area contributed by atoms with Gasteiger partial charge in [0.15, 0.2) is 11.3 Å². The molecule has 230 valence electrons. The van der Waals surface area contributed by atoms with E-state index in [9.17, 15) is 10.1 Å². The van der Waals surface area contributed by atoms with Crippen LogP contribution in [0.3, 0.4) is 0 Å². The molecule has 1 amide bonds. The highest BCUT2D eigenvalue weighted by Crippen LogP contribution is 2.63. The second-order valence-electron chi connectivity index (χ2n) is 12.8. The summed E-state index contributed by atoms with van der Waals surface area (Å²) in [4.78, 5) is 46.5. The third-order valence-electron chi connectivity index (χ3n) is 10.4. The molecular weight excluding hydrogens is 564 g/mol. The lowest BCUT2D eigenvalue weighted by atomic mass is 9.45. The minimum Gasteiger partial charge on any atom is -0.339 e. The van der Waals surface area contributed by atoms with Crippen molar-refractivity contribution in [2.45, 2.75) is 39.2 Å². The molecule has 3 unspecified atom stereocenters. The normalized spacial score (nSPS) is 25.0. The molecular formula is C36H38N6O3. The number of carbonyl (C=O) groups is 2. The molecule has 0 spiro atoms. The van der Waals surface area contributed by atoms with Gasteiger partial charge in [-0.2, -0.15) is 5.26 Å². The third kappa shape index (κ3) is 4.81. The van der Waals surface area contributed by atoms with E-state index in [0.29, 0.717) is 35.3 Å². The second kappa shape index (κ2) is 11.6. The van der Waals surface area contributed by atoms with E-state index in [2.05, 4.69) is 35.4 Å². The van der Waals surface area contributed by atoms with E-state index < -0.39 is 5.54 Å². The molecule has 3 aromatic rings. The Hall–Kier alpha value is -4.81. The lowest BCUT2D eigenvalue weighted by Gasteiger charge is -2.60. The van der Waals surface area contributed by atoms with Crippen LogP contribution in [0.2, 0.25) is 0 Å². The molecule has 1 aliphatic heterocycles. The number of hydroxylamine groups is 1. The zero-order valence-corrected chi connectivity index (χ0v) is 26.3. The highest BCUT2D eigenvalue weighted by molar-refractivity contribution is 6.06. The number of hydrogen-bond acceptors (Lipinski definition) is 8. The number of rotatable bonds is 8. The Morgan fingerprint density at radius 2 is 1.64 bits per heavy atom. The van der Waals surface area contributed by atoms with Crippen LogP contribution in [-0.4, -0.2) is 52.2 Å². The minimum absolute atomic E-state index is 0.0702. The molecule has 2 bridgehead atoms. The fourth-order valence-corrected chi connectivity index (χ4v) is 7.92. The van der Waals surface area contributed by atoms with E-state index in [0.717, 1.165) is 29.7 Å². The molecule has 9 heteroatoms. The van der Waals surface area contributed by atoms with Crippen LogP contribution in [0.15, 0.2) is 96.5 Å². The first kappa shape index (κ1) is 30.2. The number of fused-ring (bicyclic) bond motifs is 2. The summed E-state index contributed by atoms with van der Waals surface area (Å²) in [5.74, 6) is 1.10. The summed E-state index contributed by atoms with van der Waals surface area (Å²) in [6.07, 6.45) is 10.3. The summed E-state index contributed by atoms with van der Waals surface area (Å²) < 4.78 is 0. The molecule has 9 nitrogen and oxygen atoms in total. The Labute approximate surface area is 264 Å². The number of amides is 1. The quantitative estimate of drug-likeness (QED) is 0.213. The van der Waals surface area contributed by atoms with Crippen LogP contribution in [0.5, 0.6) is 0 Å². The average molecular weight is 603 g/mol. The van der Waals surface area contributed by atoms with Crippen molar-refractivity contribution in [3.8, 4) is 6.07 Å². The second-order valence-corrected chi connectivity index (χ2v) is 12.8. The Balaban J connectivity index is 1.50. The lowest BCUT2D eigenvalue weighted by molar-refractivity contribution is -0.133. The Kier molecular flexibility index (Phi) is 7.79. The van der Waals surface area contributed by atoms with Gasteiger partial charge in [0.2, 0.25) is 0 Å². The van der Waals surface area contributed by atoms with Crippen molar-refractivity contribution in [1.29, 1.82) is 5.26 Å². The van der Waals surface area contributed by atoms with Crippen molar-refractivity contribution in [3.63, 3.8) is 0 Å². The van der Waals surface area contributed by atoms with Gasteiger partial charge in [-0.25, -0.2) is 0 Å². The van der Waals surface area contributed by atoms with E-state index in [1.165, 1.54) is 5.57 Å². The maximum absolute atomic E-state index is 15.1. The van der Waals surface area contributed by atoms with Gasteiger partial charge in [0.05, 0.1) is 18.7 Å². The Morgan fingerprint density at radius 1 is 1.04 bits per heavy atom. The molecule has 45 heavy (non-hydrogen) atoms. The van der Waals surface area contributed by atoms with Gasteiger partial charge in [0.1, 0.15) is 5.82 Å². The van der Waals surface area contributed by atoms with Gasteiger partial charge in [0.25, 0.3) is 5.91 Å². The third-order valence-corrected chi connectivity index (χ3v) is 10.4. The van der Waals surface area contributed by atoms with Crippen molar-refractivity contribution in [3.05, 3.63) is 119 Å². The summed E-state index contributed by atoms with van der Waals surface area (Å²) in [7, 11) is 3.48. The molecule has 3 heterocycles. The average Bonchev–Trinajstić information content (AvgIpc) is 3.26. The van der Waals surface area contributed by atoms with Gasteiger partial charge < -0.3 is 4.90 Å². The highest BCUT2D eigenvalue weighted by Gasteiger charge is 2.59. The van der Waals surface area contributed by atoms with Crippen LogP contribution in [0.4, 0.5) is 0 Å². The van der Waals surface area contributed by atoms with E-state index in [1.807, 2.05) is 43.1 Å². The molecule has 3 aliphatic carbocycles. The summed E-state index contributed by atoms with van der Waals surface area (Å²) in [5.41, 5.74) is 6.67. The Morgan fingerprint density at radius 3 is 2.18 bits per heavy atom. The summed E-state index contributed by atoms with van der Waals surface area (Å²) in [6, 6.07) is 16.1. The fourth-order valence-electron chi connectivity index (χ4n) is 7.92. The van der Waals surface area contributed by atoms with Crippen LogP contribution >= 0.6 is 0 Å². The summed E-state index contributed by atoms with van der Waals surface area (Å²) in [5, 5.41) is 9.25. The first-order valence-electron chi connectivity index (χ1n) is 15.3. The number of ketones is 1. The van der Waals surface area contributed by atoms with E-state index in [1.54, 1.807) is 67.1 Å². The van der Waals surface area contributed by atoms with Gasteiger partial charge >= 0.3 is 0 Å². The monoisotopic (exact) mass is 602 g/mol. The van der Waals surface area contributed by atoms with Crippen LogP contribution in [0, 0.1) is 34.5 Å². The van der Waals surface area contributed by atoms with Gasteiger partial charge in [-0.1, -0.05) is 13.8 Å². The van der Waals surface area contributed by atoms with Crippen molar-refractivity contribution < 1.29 is 14.4 Å². The van der Waals surface area contributed by atoms with Crippen LogP contribution < -0.4 is 5.48 Å². The molecule has 4 aliphatic rings. The number of benzene rings is 1. The SMILES string of the molecule is CONC(C)=C1C(CN2C(=O)C(c3ccncc3)(c3ccncc3)N(C)C2=CC(=O)c2ccc(C#N)cc2)CC2CC1C2(C)C. The van der Waals surface area contributed by atoms with Gasteiger partial charge in [-0.15, -0.1) is 0 Å². The molecule has 4 fully saturated rings. The van der Waals surface area contributed by atoms with Gasteiger partial charge in [-0.05, 0) is 102 Å². The zero-order chi connectivity index (χ0) is 31.9. The predicted octanol–water partition coefficient (Wildman–Crippen LogP) is 5.20. The minimum atomic E-state index is -1.25. The molecule has 3 atom stereocenters. The van der Waals surface area contributed by atoms with Crippen molar-refractivity contribution in [2.24, 2.45) is 23.2 Å². The number of hydrogen-bond donors (Lipinski definition) is 1. The first-order valence-corrected chi connectivity index (χ1v) is 15.3. The number of nitrogens with zero attached hydrogens (tertiary/aromatic N) is 5. The molecule has 3 saturated carbocycles. The number of aromatic nitrogens is 2. The van der Waals surface area contributed by atoms with Gasteiger partial charge in [-0.3, -0.25) is 34.8 Å². The predicted molar refractivity (Wildman–Crippen MR) is 169 cm³/mol. The molecule has 1 N–H and O–H groups in total. The topological polar surface area (TPSA) is 111 Å². The Bertz CT molecular complexity index is 1670. The number of pyridine rings is 2. The van der Waals surface area contributed by atoms with Crippen molar-refractivity contribution >= 4 is 11.7 Å². The number of nitriles is 1. The van der Waals surface area contributed by atoms with E-state index in [4.69, 9.17) is 4.84 Å². The standard InChI is InChI=1S/C36H38N6O3/c1-23(40-45-5)33-26(18-29-19-30(33)35(29,2)3)22-42-32(20-31(43)25-8-6-24(21-37)7-9-25)41(4)36(34(42)44,27-10-14-38-15-11-27)28-12-16-39-17-13-28/h6-17,20,26,29-30,40H,18-19,22H2,1-5H3.